The number of carbonyl (C=O) groups excluding carboxylic acids is 1. The lowest BCUT2D eigenvalue weighted by molar-refractivity contribution is -0.117. The molecule has 1 aliphatic carbocycles. The maximum atomic E-state index is 11.5. The first-order valence-electron chi connectivity index (χ1n) is 6.15. The number of allylic oxidation sites excluding steroid dienone is 1. The van der Waals surface area contributed by atoms with Crippen LogP contribution in [-0.2, 0) is 4.79 Å². The zero-order valence-corrected chi connectivity index (χ0v) is 10.4. The lowest BCUT2D eigenvalue weighted by atomic mass is 9.83. The summed E-state index contributed by atoms with van der Waals surface area (Å²) in [5, 5.41) is 9.94. The quantitative estimate of drug-likeness (QED) is 0.727. The van der Waals surface area contributed by atoms with Gasteiger partial charge in [0.15, 0.2) is 5.78 Å². The lowest BCUT2D eigenvalue weighted by Crippen LogP contribution is -2.25. The average molecular weight is 225 g/mol. The minimum absolute atomic E-state index is 0.0202. The van der Waals surface area contributed by atoms with Crippen LogP contribution in [0.2, 0.25) is 0 Å². The van der Waals surface area contributed by atoms with Crippen LogP contribution in [0.1, 0.15) is 38.5 Å². The molecule has 3 heteroatoms. The smallest absolute Gasteiger partial charge is 0.159 e. The molecule has 1 N–H and O–H groups in total. The molecule has 0 aromatic rings. The number of nitrogens with zero attached hydrogens (tertiary/aromatic N) is 1. The molecule has 1 aliphatic rings. The molecule has 0 saturated heterocycles. The van der Waals surface area contributed by atoms with E-state index in [1.807, 2.05) is 19.0 Å². The predicted molar refractivity (Wildman–Crippen MR) is 65.0 cm³/mol. The molecule has 0 amide bonds. The number of carbonyl (C=O) groups is 1. The van der Waals surface area contributed by atoms with Gasteiger partial charge in [0, 0.05) is 26.7 Å². The number of aliphatic hydroxyl groups is 1. The third-order valence-corrected chi connectivity index (χ3v) is 3.16. The van der Waals surface area contributed by atoms with Gasteiger partial charge in [0.1, 0.15) is 0 Å². The van der Waals surface area contributed by atoms with E-state index in [0.717, 1.165) is 12.8 Å². The van der Waals surface area contributed by atoms with Crippen molar-refractivity contribution in [1.82, 2.24) is 4.90 Å². The SMILES string of the molecule is CN(C)/C=C/C(=O)CC(O)C1CCCCC1. The molecule has 0 aromatic carbocycles. The average Bonchev–Trinajstić information content (AvgIpc) is 2.27. The van der Waals surface area contributed by atoms with E-state index in [0.29, 0.717) is 5.92 Å². The Morgan fingerprint density at radius 2 is 2.00 bits per heavy atom. The van der Waals surface area contributed by atoms with Gasteiger partial charge in [-0.05, 0) is 24.8 Å². The molecule has 0 bridgehead atoms. The highest BCUT2D eigenvalue weighted by Crippen LogP contribution is 2.27. The van der Waals surface area contributed by atoms with Gasteiger partial charge in [-0.15, -0.1) is 0 Å². The molecule has 1 atom stereocenters. The van der Waals surface area contributed by atoms with E-state index in [1.165, 1.54) is 19.3 Å². The van der Waals surface area contributed by atoms with Crippen LogP contribution in [-0.4, -0.2) is 36.0 Å². The molecule has 1 saturated carbocycles. The first kappa shape index (κ1) is 13.2. The second kappa shape index (κ2) is 6.69. The molecule has 0 heterocycles. The van der Waals surface area contributed by atoms with E-state index in [9.17, 15) is 9.90 Å². The Morgan fingerprint density at radius 3 is 2.56 bits per heavy atom. The molecule has 0 radical (unpaired) electrons. The van der Waals surface area contributed by atoms with Crippen molar-refractivity contribution < 1.29 is 9.90 Å². The monoisotopic (exact) mass is 225 g/mol. The summed E-state index contributed by atoms with van der Waals surface area (Å²) >= 11 is 0. The summed E-state index contributed by atoms with van der Waals surface area (Å²) in [6, 6.07) is 0. The Bertz CT molecular complexity index is 242. The van der Waals surface area contributed by atoms with Gasteiger partial charge >= 0.3 is 0 Å². The molecule has 1 rings (SSSR count). The molecule has 1 unspecified atom stereocenters. The van der Waals surface area contributed by atoms with Gasteiger partial charge < -0.3 is 10.0 Å². The second-order valence-corrected chi connectivity index (χ2v) is 4.92. The van der Waals surface area contributed by atoms with Gasteiger partial charge in [-0.3, -0.25) is 4.79 Å². The van der Waals surface area contributed by atoms with E-state index in [1.54, 1.807) is 12.3 Å². The normalized spacial score (nSPS) is 19.9. The van der Waals surface area contributed by atoms with Gasteiger partial charge in [-0.1, -0.05) is 19.3 Å². The number of hydrogen-bond acceptors (Lipinski definition) is 3. The summed E-state index contributed by atoms with van der Waals surface area (Å²) in [4.78, 5) is 13.4. The van der Waals surface area contributed by atoms with Crippen LogP contribution in [0.25, 0.3) is 0 Å². The number of hydrogen-bond donors (Lipinski definition) is 1. The lowest BCUT2D eigenvalue weighted by Gasteiger charge is -2.25. The van der Waals surface area contributed by atoms with E-state index < -0.39 is 6.10 Å². The van der Waals surface area contributed by atoms with Crippen molar-refractivity contribution in [3.8, 4) is 0 Å². The Hall–Kier alpha value is -0.830. The van der Waals surface area contributed by atoms with Gasteiger partial charge in [0.2, 0.25) is 0 Å². The molecule has 3 nitrogen and oxygen atoms in total. The first-order chi connectivity index (χ1) is 7.59. The van der Waals surface area contributed by atoms with Crippen molar-refractivity contribution in [2.75, 3.05) is 14.1 Å². The van der Waals surface area contributed by atoms with Crippen LogP contribution in [0.3, 0.4) is 0 Å². The summed E-state index contributed by atoms with van der Waals surface area (Å²) in [6.45, 7) is 0. The minimum atomic E-state index is -0.445. The Labute approximate surface area is 98.1 Å². The summed E-state index contributed by atoms with van der Waals surface area (Å²) < 4.78 is 0. The Morgan fingerprint density at radius 1 is 1.38 bits per heavy atom. The summed E-state index contributed by atoms with van der Waals surface area (Å²) in [7, 11) is 3.75. The van der Waals surface area contributed by atoms with Crippen LogP contribution in [0, 0.1) is 5.92 Å². The van der Waals surface area contributed by atoms with Crippen molar-refractivity contribution in [3.63, 3.8) is 0 Å². The Balaban J connectivity index is 2.32. The molecular weight excluding hydrogens is 202 g/mol. The topological polar surface area (TPSA) is 40.5 Å². The highest BCUT2D eigenvalue weighted by molar-refractivity contribution is 5.89. The maximum absolute atomic E-state index is 11.5. The van der Waals surface area contributed by atoms with Crippen molar-refractivity contribution in [1.29, 1.82) is 0 Å². The fourth-order valence-electron chi connectivity index (χ4n) is 2.19. The van der Waals surface area contributed by atoms with Gasteiger partial charge in [-0.25, -0.2) is 0 Å². The molecular formula is C13H23NO2. The second-order valence-electron chi connectivity index (χ2n) is 4.92. The highest BCUT2D eigenvalue weighted by atomic mass is 16.3. The van der Waals surface area contributed by atoms with E-state index in [2.05, 4.69) is 0 Å². The van der Waals surface area contributed by atoms with Crippen LogP contribution in [0.4, 0.5) is 0 Å². The fraction of sp³-hybridized carbons (Fsp3) is 0.769. The van der Waals surface area contributed by atoms with E-state index in [4.69, 9.17) is 0 Å². The van der Waals surface area contributed by atoms with Crippen molar-refractivity contribution >= 4 is 5.78 Å². The molecule has 92 valence electrons. The molecule has 16 heavy (non-hydrogen) atoms. The fourth-order valence-corrected chi connectivity index (χ4v) is 2.19. The molecule has 0 aliphatic heterocycles. The number of rotatable bonds is 5. The van der Waals surface area contributed by atoms with Gasteiger partial charge in [0.05, 0.1) is 6.10 Å². The summed E-state index contributed by atoms with van der Waals surface area (Å²) in [5.74, 6) is 0.359. The highest BCUT2D eigenvalue weighted by Gasteiger charge is 2.22. The van der Waals surface area contributed by atoms with Crippen molar-refractivity contribution in [2.45, 2.75) is 44.6 Å². The van der Waals surface area contributed by atoms with Crippen LogP contribution < -0.4 is 0 Å². The zero-order valence-electron chi connectivity index (χ0n) is 10.4. The molecule has 0 aromatic heterocycles. The summed E-state index contributed by atoms with van der Waals surface area (Å²) in [5.41, 5.74) is 0. The third kappa shape index (κ3) is 4.79. The van der Waals surface area contributed by atoms with E-state index >= 15 is 0 Å². The van der Waals surface area contributed by atoms with Gasteiger partial charge in [-0.2, -0.15) is 0 Å². The van der Waals surface area contributed by atoms with Crippen LogP contribution >= 0.6 is 0 Å². The molecule has 0 spiro atoms. The van der Waals surface area contributed by atoms with Crippen molar-refractivity contribution in [2.24, 2.45) is 5.92 Å². The molecule has 1 fully saturated rings. The first-order valence-corrected chi connectivity index (χ1v) is 6.15. The maximum Gasteiger partial charge on any atom is 0.159 e. The largest absolute Gasteiger partial charge is 0.392 e. The van der Waals surface area contributed by atoms with Crippen molar-refractivity contribution in [3.05, 3.63) is 12.3 Å². The van der Waals surface area contributed by atoms with E-state index in [-0.39, 0.29) is 12.2 Å². The summed E-state index contributed by atoms with van der Waals surface area (Å²) in [6.07, 6.45) is 8.93. The minimum Gasteiger partial charge on any atom is -0.392 e. The van der Waals surface area contributed by atoms with Gasteiger partial charge in [0.25, 0.3) is 0 Å². The number of aliphatic hydroxyl groups excluding tert-OH is 1. The third-order valence-electron chi connectivity index (χ3n) is 3.16. The Kier molecular flexibility index (Phi) is 5.53. The standard InChI is InChI=1S/C13H23NO2/c1-14(2)9-8-12(15)10-13(16)11-6-4-3-5-7-11/h8-9,11,13,16H,3-7,10H2,1-2H3/b9-8+. The number of ketones is 1. The van der Waals surface area contributed by atoms with Crippen LogP contribution in [0.15, 0.2) is 12.3 Å². The van der Waals surface area contributed by atoms with Crippen LogP contribution in [0.5, 0.6) is 0 Å². The zero-order chi connectivity index (χ0) is 12.0. The predicted octanol–water partition coefficient (Wildman–Crippen LogP) is 1.96.